The van der Waals surface area contributed by atoms with Crippen LogP contribution in [0.5, 0.6) is 5.75 Å². The number of aromatic nitrogens is 2. The van der Waals surface area contributed by atoms with E-state index in [2.05, 4.69) is 26.1 Å². The van der Waals surface area contributed by atoms with Crippen LogP contribution in [0, 0.1) is 6.92 Å². The summed E-state index contributed by atoms with van der Waals surface area (Å²) in [5.74, 6) is 0.939. The Hall–Kier alpha value is -2.38. The number of H-pyrrole nitrogens is 1. The second-order valence-corrected chi connectivity index (χ2v) is 6.76. The smallest absolute Gasteiger partial charge is 0.269 e. The topological polar surface area (TPSA) is 70.7 Å². The molecule has 2 aromatic rings. The van der Waals surface area contributed by atoms with E-state index in [0.29, 0.717) is 12.2 Å². The van der Waals surface area contributed by atoms with Crippen LogP contribution in [-0.2, 0) is 17.8 Å². The molecule has 0 saturated carbocycles. The average Bonchev–Trinajstić information content (AvgIpc) is 3.10. The van der Waals surface area contributed by atoms with E-state index in [1.807, 2.05) is 19.1 Å². The summed E-state index contributed by atoms with van der Waals surface area (Å²) in [6.45, 7) is 8.46. The summed E-state index contributed by atoms with van der Waals surface area (Å²) in [7, 11) is 0. The Kier molecular flexibility index (Phi) is 4.90. The fraction of sp³-hybridized carbons (Fsp3) is 0.474. The van der Waals surface area contributed by atoms with Crippen LogP contribution >= 0.6 is 0 Å². The second-order valence-electron chi connectivity index (χ2n) is 6.76. The normalized spacial score (nSPS) is 17.3. The van der Waals surface area contributed by atoms with Crippen LogP contribution in [-0.4, -0.2) is 54.6 Å². The highest BCUT2D eigenvalue weighted by atomic mass is 16.5. The van der Waals surface area contributed by atoms with Crippen LogP contribution in [0.4, 0.5) is 5.69 Å². The molecule has 0 amide bonds. The van der Waals surface area contributed by atoms with Crippen LogP contribution in [0.15, 0.2) is 29.2 Å². The molecule has 1 aromatic heterocycles. The molecule has 138 valence electrons. The first kappa shape index (κ1) is 17.1. The van der Waals surface area contributed by atoms with Gasteiger partial charge in [-0.15, -0.1) is 0 Å². The van der Waals surface area contributed by atoms with Gasteiger partial charge in [0.25, 0.3) is 5.56 Å². The Bertz CT molecular complexity index is 830. The highest BCUT2D eigenvalue weighted by molar-refractivity contribution is 5.57. The third-order valence-corrected chi connectivity index (χ3v) is 5.13. The van der Waals surface area contributed by atoms with Gasteiger partial charge in [-0.25, -0.2) is 5.10 Å². The molecule has 0 atom stereocenters. The quantitative estimate of drug-likeness (QED) is 0.871. The Morgan fingerprint density at radius 1 is 1.27 bits per heavy atom. The number of aromatic amines is 1. The number of hydrogen-bond acceptors (Lipinski definition) is 6. The largest absolute Gasteiger partial charge is 0.492 e. The minimum Gasteiger partial charge on any atom is -0.492 e. The van der Waals surface area contributed by atoms with Crippen LogP contribution in [0.2, 0.25) is 0 Å². The van der Waals surface area contributed by atoms with Crippen molar-refractivity contribution in [3.8, 4) is 5.75 Å². The van der Waals surface area contributed by atoms with Crippen molar-refractivity contribution in [2.75, 3.05) is 44.4 Å². The predicted molar refractivity (Wildman–Crippen MR) is 98.7 cm³/mol. The number of ether oxygens (including phenoxy) is 2. The van der Waals surface area contributed by atoms with Crippen molar-refractivity contribution < 1.29 is 9.47 Å². The minimum atomic E-state index is -0.138. The Balaban J connectivity index is 1.44. The molecule has 7 nitrogen and oxygen atoms in total. The van der Waals surface area contributed by atoms with E-state index in [4.69, 9.17) is 9.47 Å². The van der Waals surface area contributed by atoms with Gasteiger partial charge >= 0.3 is 0 Å². The molecule has 1 fully saturated rings. The van der Waals surface area contributed by atoms with Crippen molar-refractivity contribution in [1.82, 2.24) is 15.1 Å². The molecule has 0 spiro atoms. The maximum atomic E-state index is 11.8. The summed E-state index contributed by atoms with van der Waals surface area (Å²) in [6.07, 6.45) is 1.72. The second kappa shape index (κ2) is 7.47. The molecule has 3 heterocycles. The Morgan fingerprint density at radius 2 is 2.12 bits per heavy atom. The molecule has 0 radical (unpaired) electrons. The number of nitrogens with zero attached hydrogens (tertiary/aromatic N) is 3. The lowest BCUT2D eigenvalue weighted by atomic mass is 10.1. The van der Waals surface area contributed by atoms with Crippen LogP contribution in [0.25, 0.3) is 0 Å². The van der Waals surface area contributed by atoms with Crippen molar-refractivity contribution >= 4 is 5.69 Å². The summed E-state index contributed by atoms with van der Waals surface area (Å²) in [4.78, 5) is 16.4. The zero-order chi connectivity index (χ0) is 17.9. The van der Waals surface area contributed by atoms with E-state index in [0.717, 1.165) is 57.4 Å². The maximum Gasteiger partial charge on any atom is 0.269 e. The first-order valence-electron chi connectivity index (χ1n) is 9.05. The molecule has 1 saturated heterocycles. The van der Waals surface area contributed by atoms with Gasteiger partial charge in [-0.3, -0.25) is 9.69 Å². The number of morpholine rings is 1. The van der Waals surface area contributed by atoms with E-state index in [9.17, 15) is 4.79 Å². The number of fused-ring (bicyclic) bond motifs is 1. The summed E-state index contributed by atoms with van der Waals surface area (Å²) >= 11 is 0. The van der Waals surface area contributed by atoms with Gasteiger partial charge in [0, 0.05) is 43.9 Å². The highest BCUT2D eigenvalue weighted by Crippen LogP contribution is 2.34. The van der Waals surface area contributed by atoms with Gasteiger partial charge in [-0.1, -0.05) is 12.1 Å². The number of benzene rings is 1. The summed E-state index contributed by atoms with van der Waals surface area (Å²) in [5.41, 5.74) is 3.88. The molecule has 1 N–H and O–H groups in total. The molecule has 2 aliphatic rings. The van der Waals surface area contributed by atoms with Gasteiger partial charge in [0.05, 0.1) is 25.1 Å². The van der Waals surface area contributed by atoms with E-state index < -0.39 is 0 Å². The number of anilines is 1. The molecule has 0 unspecified atom stereocenters. The van der Waals surface area contributed by atoms with E-state index in [-0.39, 0.29) is 5.56 Å². The molecule has 0 aliphatic carbocycles. The van der Waals surface area contributed by atoms with Crippen molar-refractivity contribution in [2.24, 2.45) is 0 Å². The first-order chi connectivity index (χ1) is 12.7. The van der Waals surface area contributed by atoms with E-state index in [1.165, 1.54) is 11.1 Å². The zero-order valence-corrected chi connectivity index (χ0v) is 15.0. The first-order valence-corrected chi connectivity index (χ1v) is 9.05. The molecule has 2 aliphatic heterocycles. The number of hydrogen-bond donors (Lipinski definition) is 1. The molecule has 4 rings (SSSR count). The van der Waals surface area contributed by atoms with Gasteiger partial charge in [-0.05, 0) is 18.6 Å². The van der Waals surface area contributed by atoms with Crippen molar-refractivity contribution in [1.29, 1.82) is 0 Å². The number of rotatable bonds is 5. The van der Waals surface area contributed by atoms with Gasteiger partial charge in [-0.2, -0.15) is 5.10 Å². The highest BCUT2D eigenvalue weighted by Gasteiger charge is 2.24. The van der Waals surface area contributed by atoms with Crippen LogP contribution in [0.1, 0.15) is 16.7 Å². The van der Waals surface area contributed by atoms with Gasteiger partial charge in [0.1, 0.15) is 12.4 Å². The lowest BCUT2D eigenvalue weighted by Gasteiger charge is -2.26. The maximum absolute atomic E-state index is 11.8. The molecule has 1 aromatic carbocycles. The van der Waals surface area contributed by atoms with E-state index in [1.54, 1.807) is 6.20 Å². The average molecular weight is 356 g/mol. The monoisotopic (exact) mass is 356 g/mol. The van der Waals surface area contributed by atoms with Gasteiger partial charge in [0.15, 0.2) is 0 Å². The third-order valence-electron chi connectivity index (χ3n) is 5.13. The summed E-state index contributed by atoms with van der Waals surface area (Å²) < 4.78 is 11.5. The molecular weight excluding hydrogens is 332 g/mol. The van der Waals surface area contributed by atoms with Crippen molar-refractivity contribution in [3.05, 3.63) is 51.4 Å². The molecular formula is C19H24N4O3. The molecule has 7 heteroatoms. The van der Waals surface area contributed by atoms with Crippen molar-refractivity contribution in [3.63, 3.8) is 0 Å². The summed E-state index contributed by atoms with van der Waals surface area (Å²) in [6, 6.07) is 6.19. The van der Waals surface area contributed by atoms with Gasteiger partial charge < -0.3 is 14.4 Å². The summed E-state index contributed by atoms with van der Waals surface area (Å²) in [5, 5.41) is 6.43. The van der Waals surface area contributed by atoms with Crippen molar-refractivity contribution in [2.45, 2.75) is 20.0 Å². The lowest BCUT2D eigenvalue weighted by molar-refractivity contribution is 0.0322. The third kappa shape index (κ3) is 3.45. The number of nitrogens with one attached hydrogen (secondary N) is 1. The van der Waals surface area contributed by atoms with Crippen LogP contribution in [0.3, 0.4) is 0 Å². The molecule has 0 bridgehead atoms. The Morgan fingerprint density at radius 3 is 2.96 bits per heavy atom. The molecule has 26 heavy (non-hydrogen) atoms. The van der Waals surface area contributed by atoms with Crippen LogP contribution < -0.4 is 15.2 Å². The fourth-order valence-corrected chi connectivity index (χ4v) is 3.57. The Labute approximate surface area is 152 Å². The fourth-order valence-electron chi connectivity index (χ4n) is 3.57. The lowest BCUT2D eigenvalue weighted by Crippen LogP contribution is -2.38. The van der Waals surface area contributed by atoms with E-state index >= 15 is 0 Å². The SMILES string of the molecule is Cc1c(N2Cc3cccc(OCCN4CCOCC4)c3C2)cn[nH]c1=O. The minimum absolute atomic E-state index is 0.138. The predicted octanol–water partition coefficient (Wildman–Crippen LogP) is 1.31. The standard InChI is InChI=1S/C19H24N4O3/c1-14-17(11-20-21-19(14)24)23-12-15-3-2-4-18(16(15)13-23)26-10-7-22-5-8-25-9-6-22/h2-4,11H,5-10,12-13H2,1H3,(H,21,24). The zero-order valence-electron chi connectivity index (χ0n) is 15.0. The van der Waals surface area contributed by atoms with Gasteiger partial charge in [0.2, 0.25) is 0 Å².